The van der Waals surface area contributed by atoms with Gasteiger partial charge >= 0.3 is 0 Å². The van der Waals surface area contributed by atoms with E-state index in [1.54, 1.807) is 0 Å². The minimum absolute atomic E-state index is 0.837. The molecule has 0 aliphatic carbocycles. The van der Waals surface area contributed by atoms with E-state index < -0.39 is 31.3 Å². The number of fused-ring (bicyclic) bond motifs is 16. The van der Waals surface area contributed by atoms with Crippen molar-refractivity contribution < 1.29 is 17.7 Å². The minimum Gasteiger partial charge on any atom is -0.454 e. The summed E-state index contributed by atoms with van der Waals surface area (Å²) in [4.78, 5) is 9.83. The van der Waals surface area contributed by atoms with Crippen LogP contribution < -0.4 is 40.3 Å². The Kier molecular flexibility index (Phi) is 18.3. The molecular formula is C130H98N4O4Si4. The maximum atomic E-state index is 7.09. The fourth-order valence-electron chi connectivity index (χ4n) is 23.5. The smallest absolute Gasteiger partial charge is 0.159 e. The Hall–Kier alpha value is -16.3. The number of nitrogens with zero attached hydrogens (tertiary/aromatic N) is 4. The summed E-state index contributed by atoms with van der Waals surface area (Å²) in [5, 5.41) is 38.2. The highest BCUT2D eigenvalue weighted by molar-refractivity contribution is 7.50. The van der Waals surface area contributed by atoms with Crippen molar-refractivity contribution in [2.45, 2.75) is 65.5 Å². The number of rotatable bonds is 17. The molecular weight excluding hydrogens is 1790 g/mol. The van der Waals surface area contributed by atoms with Crippen LogP contribution in [0.1, 0.15) is 0 Å². The van der Waals surface area contributed by atoms with Crippen molar-refractivity contribution in [1.82, 2.24) is 0 Å². The number of benzene rings is 24. The van der Waals surface area contributed by atoms with Gasteiger partial charge in [-0.15, -0.1) is 0 Å². The normalized spacial score (nSPS) is 12.7. The van der Waals surface area contributed by atoms with Crippen LogP contribution in [0.15, 0.2) is 430 Å². The van der Waals surface area contributed by atoms with Crippen LogP contribution in [-0.4, -0.2) is 31.3 Å². The highest BCUT2D eigenvalue weighted by Gasteiger charge is 2.44. The standard InChI is InChI=1S/C130H98N4O4Si4/c1-139(2,3)95-59-43-83-71-91(55-39-87(83)75-95)131(115-31-19-27-103-99-23-11-15-35-119(99)135-127(103)115)111-67-51-79-49-65-109-113(69-53-81-47-63-107(111)123(79)125(81)109)133(117-33-21-29-105-101-25-13-17-37-121(101)137-129(105)117)93-57-41-89-77-97(61-45-85(89)73-93)141(7,8)142(9,10)98-62-46-86-74-94(58-42-90(86)78-98)134(118-34-22-30-106-102-26-14-18-38-122(102)138-130(106)118)114-70-54-82-48-64-108-112(68-52-80-50-66-110(114)126(82)124(80)108)132(92-56-40-88-76-96(140(4,5)6)60-44-84(88)72-92)116-32-20-28-104-100-24-12-16-36-120(100)136-128(104)116/h11-78H,1-10H3. The van der Waals surface area contributed by atoms with E-state index in [1.807, 2.05) is 0 Å². The summed E-state index contributed by atoms with van der Waals surface area (Å²) in [5.41, 5.74) is 19.2. The van der Waals surface area contributed by atoms with Gasteiger partial charge in [0.25, 0.3) is 0 Å². The Balaban J connectivity index is 0.546. The molecule has 8 nitrogen and oxygen atoms in total. The van der Waals surface area contributed by atoms with Crippen LogP contribution >= 0.6 is 0 Å². The van der Waals surface area contributed by atoms with E-state index in [0.717, 1.165) is 178 Å². The van der Waals surface area contributed by atoms with Crippen molar-refractivity contribution in [2.75, 3.05) is 19.6 Å². The van der Waals surface area contributed by atoms with Crippen LogP contribution in [-0.2, 0) is 0 Å². The number of hydrogen-bond donors (Lipinski definition) is 0. The Morgan fingerprint density at radius 1 is 0.155 bits per heavy atom. The van der Waals surface area contributed by atoms with Gasteiger partial charge in [-0.2, -0.15) is 0 Å². The second-order valence-electron chi connectivity index (χ2n) is 42.3. The summed E-state index contributed by atoms with van der Waals surface area (Å²) in [5.74, 6) is 0. The molecule has 0 radical (unpaired) electrons. The van der Waals surface area contributed by atoms with Gasteiger partial charge < -0.3 is 37.3 Å². The third kappa shape index (κ3) is 12.8. The van der Waals surface area contributed by atoms with E-state index in [2.05, 4.69) is 498 Å². The van der Waals surface area contributed by atoms with E-state index in [-0.39, 0.29) is 0 Å². The predicted octanol–water partition coefficient (Wildman–Crippen LogP) is 36.3. The van der Waals surface area contributed by atoms with Crippen LogP contribution in [0.3, 0.4) is 0 Å². The molecule has 0 spiro atoms. The van der Waals surface area contributed by atoms with E-state index >= 15 is 0 Å². The molecule has 24 aromatic carbocycles. The van der Waals surface area contributed by atoms with Crippen LogP contribution in [0.2, 0.25) is 65.5 Å². The van der Waals surface area contributed by atoms with Gasteiger partial charge in [0.2, 0.25) is 0 Å². The van der Waals surface area contributed by atoms with Gasteiger partial charge in [0.15, 0.2) is 22.3 Å². The molecule has 0 N–H and O–H groups in total. The zero-order valence-corrected chi connectivity index (χ0v) is 84.7. The number of furan rings is 4. The molecule has 0 aliphatic heterocycles. The van der Waals surface area contributed by atoms with Gasteiger partial charge in [-0.3, -0.25) is 0 Å². The van der Waals surface area contributed by atoms with Gasteiger partial charge in [-0.25, -0.2) is 0 Å². The van der Waals surface area contributed by atoms with Gasteiger partial charge in [-0.05, 0) is 208 Å². The van der Waals surface area contributed by atoms with Gasteiger partial charge in [0.05, 0.1) is 76.8 Å². The molecule has 4 aromatic heterocycles. The SMILES string of the molecule is C[Si](C)(C)c1ccc2cc(N(c3ccc4ccc5c(N(c6ccc7cc([Si](C)(C)[Si](C)(C)c8ccc9cc(N(c%10ccc%11ccc%12c(N(c%13ccc%14cc([Si](C)(C)C)ccc%14c%13)c%13cccc%14c%13oc%13ccccc%13%14)ccc%13ccc%10c%11c%13%12)c%10cccc%11c%10oc%10ccccc%10%11)ccc9c8)ccc7c6)c6cccc7c6oc6ccccc67)ccc6ccc3c4c65)c3cccc4c3oc3ccccc34)ccc2c1. The van der Waals surface area contributed by atoms with E-state index in [1.165, 1.54) is 107 Å². The molecule has 0 aliphatic rings. The van der Waals surface area contributed by atoms with Crippen molar-refractivity contribution in [3.8, 4) is 0 Å². The summed E-state index contributed by atoms with van der Waals surface area (Å²) in [7, 11) is -7.78. The topological polar surface area (TPSA) is 65.5 Å². The molecule has 0 amide bonds. The third-order valence-corrected chi connectivity index (χ3v) is 53.6. The second-order valence-corrected chi connectivity index (χ2v) is 67.6. The lowest BCUT2D eigenvalue weighted by molar-refractivity contribution is 0.669. The molecule has 0 bridgehead atoms. The Bertz CT molecular complexity index is 9620. The molecule has 678 valence electrons. The lowest BCUT2D eigenvalue weighted by Crippen LogP contribution is -2.69. The molecule has 0 unspecified atom stereocenters. The van der Waals surface area contributed by atoms with Crippen molar-refractivity contribution in [2.24, 2.45) is 0 Å². The highest BCUT2D eigenvalue weighted by atomic mass is 29.3. The van der Waals surface area contributed by atoms with Crippen molar-refractivity contribution >= 4 is 316 Å². The van der Waals surface area contributed by atoms with Crippen molar-refractivity contribution in [3.63, 3.8) is 0 Å². The summed E-state index contributed by atoms with van der Waals surface area (Å²) < 4.78 is 28.1. The van der Waals surface area contributed by atoms with Crippen LogP contribution in [0.4, 0.5) is 68.2 Å². The quantitative estimate of drug-likeness (QED) is 0.0660. The molecule has 12 heteroatoms. The molecule has 4 heterocycles. The lowest BCUT2D eigenvalue weighted by Gasteiger charge is -2.39. The number of para-hydroxylation sites is 8. The largest absolute Gasteiger partial charge is 0.454 e. The lowest BCUT2D eigenvalue weighted by atomic mass is 9.91. The summed E-state index contributed by atoms with van der Waals surface area (Å²) in [6.45, 7) is 25.1. The average molecular weight is 1890 g/mol. The zero-order valence-electron chi connectivity index (χ0n) is 80.7. The van der Waals surface area contributed by atoms with Crippen LogP contribution in [0.5, 0.6) is 0 Å². The second kappa shape index (κ2) is 31.1. The summed E-state index contributed by atoms with van der Waals surface area (Å²) in [6.07, 6.45) is 0. The monoisotopic (exact) mass is 1890 g/mol. The fourth-order valence-corrected chi connectivity index (χ4v) is 34.6. The maximum absolute atomic E-state index is 7.09. The Morgan fingerprint density at radius 3 is 0.613 bits per heavy atom. The first-order valence-corrected chi connectivity index (χ1v) is 63.5. The number of hydrogen-bond acceptors (Lipinski definition) is 8. The van der Waals surface area contributed by atoms with Gasteiger partial charge in [0, 0.05) is 87.4 Å². The minimum atomic E-state index is -2.30. The van der Waals surface area contributed by atoms with Crippen LogP contribution in [0.25, 0.3) is 195 Å². The van der Waals surface area contributed by atoms with Crippen molar-refractivity contribution in [3.05, 3.63) is 413 Å². The van der Waals surface area contributed by atoms with Gasteiger partial charge in [0.1, 0.15) is 22.3 Å². The van der Waals surface area contributed by atoms with E-state index in [4.69, 9.17) is 17.7 Å². The zero-order chi connectivity index (χ0) is 95.2. The molecule has 0 saturated carbocycles. The summed E-state index contributed by atoms with van der Waals surface area (Å²) >= 11 is 0. The first-order chi connectivity index (χ1) is 69.1. The third-order valence-electron chi connectivity index (χ3n) is 31.8. The molecule has 28 aromatic rings. The Labute approximate surface area is 824 Å². The number of anilines is 12. The van der Waals surface area contributed by atoms with Crippen molar-refractivity contribution in [1.29, 1.82) is 0 Å². The fraction of sp³-hybridized carbons (Fsp3) is 0.0769. The molecule has 0 atom stereocenters. The molecule has 0 fully saturated rings. The summed E-state index contributed by atoms with van der Waals surface area (Å²) in [6, 6.07) is 155. The van der Waals surface area contributed by atoms with E-state index in [0.29, 0.717) is 0 Å². The van der Waals surface area contributed by atoms with Crippen LogP contribution in [0, 0.1) is 0 Å². The van der Waals surface area contributed by atoms with Gasteiger partial charge in [-0.1, -0.05) is 377 Å². The molecule has 28 rings (SSSR count). The average Bonchev–Trinajstić information content (AvgIpc) is 0.925. The molecule has 142 heavy (non-hydrogen) atoms. The first-order valence-electron chi connectivity index (χ1n) is 49.5. The Morgan fingerprint density at radius 2 is 0.359 bits per heavy atom. The highest BCUT2D eigenvalue weighted by Crippen LogP contribution is 2.56. The van der Waals surface area contributed by atoms with E-state index in [9.17, 15) is 0 Å². The molecule has 0 saturated heterocycles. The maximum Gasteiger partial charge on any atom is 0.159 e. The predicted molar refractivity (Wildman–Crippen MR) is 618 cm³/mol. The first kappa shape index (κ1) is 83.8.